The molecule has 2 unspecified atom stereocenters. The van der Waals surface area contributed by atoms with Crippen LogP contribution in [-0.4, -0.2) is 25.8 Å². The van der Waals surface area contributed by atoms with E-state index in [9.17, 15) is 0 Å². The minimum atomic E-state index is -0.0953. The van der Waals surface area contributed by atoms with Gasteiger partial charge in [0, 0.05) is 32.1 Å². The first kappa shape index (κ1) is 13.8. The van der Waals surface area contributed by atoms with Gasteiger partial charge in [0.2, 0.25) is 0 Å². The molecular formula is C19H21NO2. The number of hydrogen-bond donors (Lipinski definition) is 1. The normalized spacial score (nSPS) is 26.7. The highest BCUT2D eigenvalue weighted by Gasteiger charge is 2.43. The van der Waals surface area contributed by atoms with E-state index in [1.165, 1.54) is 16.7 Å². The largest absolute Gasteiger partial charge is 0.485 e. The summed E-state index contributed by atoms with van der Waals surface area (Å²) in [5.74, 6) is 0.974. The Bertz CT molecular complexity index is 662. The van der Waals surface area contributed by atoms with E-state index in [-0.39, 0.29) is 11.7 Å². The molecule has 1 saturated heterocycles. The van der Waals surface area contributed by atoms with E-state index in [2.05, 4.69) is 47.8 Å². The lowest BCUT2D eigenvalue weighted by Crippen LogP contribution is -2.43. The molecule has 1 fully saturated rings. The predicted molar refractivity (Wildman–Crippen MR) is 87.1 cm³/mol. The minimum absolute atomic E-state index is 0.0953. The Morgan fingerprint density at radius 3 is 2.73 bits per heavy atom. The fraction of sp³-hybridized carbons (Fsp3) is 0.368. The fourth-order valence-corrected chi connectivity index (χ4v) is 3.62. The second kappa shape index (κ2) is 5.41. The Morgan fingerprint density at radius 2 is 2.00 bits per heavy atom. The number of methoxy groups -OCH3 is 1. The molecule has 3 heteroatoms. The van der Waals surface area contributed by atoms with Gasteiger partial charge in [-0.2, -0.15) is 0 Å². The molecule has 2 heterocycles. The third-order valence-corrected chi connectivity index (χ3v) is 4.84. The van der Waals surface area contributed by atoms with Gasteiger partial charge in [0.15, 0.2) is 0 Å². The van der Waals surface area contributed by atoms with Crippen molar-refractivity contribution in [2.45, 2.75) is 24.5 Å². The van der Waals surface area contributed by atoms with Crippen molar-refractivity contribution >= 4 is 0 Å². The molecule has 0 amide bonds. The predicted octanol–water partition coefficient (Wildman–Crippen LogP) is 3.56. The number of nitrogens with one attached hydrogen (secondary N) is 1. The number of hydrogen-bond acceptors (Lipinski definition) is 3. The Labute approximate surface area is 131 Å². The van der Waals surface area contributed by atoms with Gasteiger partial charge in [0.05, 0.1) is 6.10 Å². The zero-order valence-corrected chi connectivity index (χ0v) is 12.8. The van der Waals surface area contributed by atoms with Crippen molar-refractivity contribution in [3.8, 4) is 16.9 Å². The summed E-state index contributed by atoms with van der Waals surface area (Å²) in [6.45, 7) is 1.93. The highest BCUT2D eigenvalue weighted by molar-refractivity contribution is 5.66. The van der Waals surface area contributed by atoms with Crippen LogP contribution in [0.1, 0.15) is 24.5 Å². The van der Waals surface area contributed by atoms with Crippen molar-refractivity contribution in [2.75, 3.05) is 20.2 Å². The van der Waals surface area contributed by atoms with Crippen LogP contribution in [0.2, 0.25) is 0 Å². The smallest absolute Gasteiger partial charge is 0.126 e. The molecule has 0 bridgehead atoms. The third-order valence-electron chi connectivity index (χ3n) is 4.84. The highest BCUT2D eigenvalue weighted by atomic mass is 16.5. The Kier molecular flexibility index (Phi) is 3.40. The second-order valence-corrected chi connectivity index (χ2v) is 6.26. The molecular weight excluding hydrogens is 274 g/mol. The van der Waals surface area contributed by atoms with Crippen molar-refractivity contribution in [1.82, 2.24) is 5.32 Å². The first-order valence-electron chi connectivity index (χ1n) is 7.92. The first-order valence-corrected chi connectivity index (χ1v) is 7.92. The van der Waals surface area contributed by atoms with Gasteiger partial charge in [0.25, 0.3) is 0 Å². The third kappa shape index (κ3) is 2.31. The highest BCUT2D eigenvalue weighted by Crippen LogP contribution is 2.44. The molecule has 2 aliphatic heterocycles. The van der Waals surface area contributed by atoms with E-state index >= 15 is 0 Å². The molecule has 2 aliphatic rings. The molecule has 0 saturated carbocycles. The van der Waals surface area contributed by atoms with Crippen LogP contribution < -0.4 is 10.1 Å². The van der Waals surface area contributed by atoms with E-state index < -0.39 is 0 Å². The van der Waals surface area contributed by atoms with Crippen LogP contribution in [0.25, 0.3) is 11.1 Å². The van der Waals surface area contributed by atoms with E-state index in [4.69, 9.17) is 9.47 Å². The SMILES string of the molecule is COC1CC2(CCNC2)Oc2ccc(-c3ccccc3)cc21. The molecule has 2 aromatic carbocycles. The summed E-state index contributed by atoms with van der Waals surface area (Å²) in [6.07, 6.45) is 2.07. The molecule has 1 spiro atoms. The van der Waals surface area contributed by atoms with Gasteiger partial charge in [-0.25, -0.2) is 0 Å². The molecule has 2 atom stereocenters. The van der Waals surface area contributed by atoms with Crippen LogP contribution in [-0.2, 0) is 4.74 Å². The maximum absolute atomic E-state index is 6.36. The number of rotatable bonds is 2. The first-order chi connectivity index (χ1) is 10.8. The average molecular weight is 295 g/mol. The molecule has 114 valence electrons. The van der Waals surface area contributed by atoms with Crippen LogP contribution in [0.5, 0.6) is 5.75 Å². The summed E-state index contributed by atoms with van der Waals surface area (Å²) < 4.78 is 12.1. The average Bonchev–Trinajstić information content (AvgIpc) is 3.02. The van der Waals surface area contributed by atoms with Crippen molar-refractivity contribution in [2.24, 2.45) is 0 Å². The molecule has 1 N–H and O–H groups in total. The van der Waals surface area contributed by atoms with Gasteiger partial charge in [-0.3, -0.25) is 0 Å². The van der Waals surface area contributed by atoms with E-state index in [0.717, 1.165) is 31.7 Å². The van der Waals surface area contributed by atoms with Gasteiger partial charge in [-0.1, -0.05) is 36.4 Å². The topological polar surface area (TPSA) is 30.5 Å². The fourth-order valence-electron chi connectivity index (χ4n) is 3.62. The zero-order chi connectivity index (χ0) is 15.0. The summed E-state index contributed by atoms with van der Waals surface area (Å²) in [5.41, 5.74) is 3.51. The standard InChI is InChI=1S/C19H21NO2/c1-21-18-12-19(9-10-20-13-19)22-17-8-7-15(11-16(17)18)14-5-3-2-4-6-14/h2-8,11,18,20H,9-10,12-13H2,1H3. The van der Waals surface area contributed by atoms with Crippen LogP contribution >= 0.6 is 0 Å². The molecule has 22 heavy (non-hydrogen) atoms. The van der Waals surface area contributed by atoms with Gasteiger partial charge in [-0.05, 0) is 29.8 Å². The lowest BCUT2D eigenvalue weighted by Gasteiger charge is -2.39. The maximum atomic E-state index is 6.36. The van der Waals surface area contributed by atoms with E-state index in [1.54, 1.807) is 7.11 Å². The quantitative estimate of drug-likeness (QED) is 0.919. The van der Waals surface area contributed by atoms with Gasteiger partial charge in [0.1, 0.15) is 11.4 Å². The summed E-state index contributed by atoms with van der Waals surface area (Å²) in [5, 5.41) is 3.41. The maximum Gasteiger partial charge on any atom is 0.126 e. The van der Waals surface area contributed by atoms with Crippen LogP contribution in [0.3, 0.4) is 0 Å². The Morgan fingerprint density at radius 1 is 1.14 bits per heavy atom. The van der Waals surface area contributed by atoms with Gasteiger partial charge in [-0.15, -0.1) is 0 Å². The monoisotopic (exact) mass is 295 g/mol. The molecule has 3 nitrogen and oxygen atoms in total. The Hall–Kier alpha value is -1.84. The van der Waals surface area contributed by atoms with Crippen molar-refractivity contribution in [3.05, 3.63) is 54.1 Å². The molecule has 2 aromatic rings. The van der Waals surface area contributed by atoms with Crippen LogP contribution in [0.15, 0.2) is 48.5 Å². The summed E-state index contributed by atoms with van der Waals surface area (Å²) >= 11 is 0. The van der Waals surface area contributed by atoms with Gasteiger partial charge >= 0.3 is 0 Å². The van der Waals surface area contributed by atoms with E-state index in [0.29, 0.717) is 0 Å². The molecule has 0 aliphatic carbocycles. The van der Waals surface area contributed by atoms with E-state index in [1.807, 2.05) is 6.07 Å². The van der Waals surface area contributed by atoms with Crippen LogP contribution in [0, 0.1) is 0 Å². The molecule has 4 rings (SSSR count). The molecule has 0 aromatic heterocycles. The summed E-state index contributed by atoms with van der Waals surface area (Å²) in [7, 11) is 1.80. The van der Waals surface area contributed by atoms with Crippen molar-refractivity contribution < 1.29 is 9.47 Å². The molecule has 0 radical (unpaired) electrons. The van der Waals surface area contributed by atoms with Gasteiger partial charge < -0.3 is 14.8 Å². The van der Waals surface area contributed by atoms with Crippen molar-refractivity contribution in [3.63, 3.8) is 0 Å². The number of benzene rings is 2. The van der Waals surface area contributed by atoms with Crippen LogP contribution in [0.4, 0.5) is 0 Å². The zero-order valence-electron chi connectivity index (χ0n) is 12.8. The number of fused-ring (bicyclic) bond motifs is 1. The lowest BCUT2D eigenvalue weighted by molar-refractivity contribution is -0.0202. The summed E-state index contributed by atoms with van der Waals surface area (Å²) in [6, 6.07) is 16.9. The minimum Gasteiger partial charge on any atom is -0.485 e. The Balaban J connectivity index is 1.73. The second-order valence-electron chi connectivity index (χ2n) is 6.26. The lowest BCUT2D eigenvalue weighted by atomic mass is 9.87. The number of ether oxygens (including phenoxy) is 2. The summed E-state index contributed by atoms with van der Waals surface area (Å²) in [4.78, 5) is 0. The van der Waals surface area contributed by atoms with Crippen molar-refractivity contribution in [1.29, 1.82) is 0 Å².